The van der Waals surface area contributed by atoms with E-state index in [0.29, 0.717) is 36.0 Å². The molecule has 0 saturated carbocycles. The summed E-state index contributed by atoms with van der Waals surface area (Å²) in [4.78, 5) is 27.6. The van der Waals surface area contributed by atoms with E-state index in [2.05, 4.69) is 0 Å². The minimum absolute atomic E-state index is 0.0182. The fraction of sp³-hybridized carbons (Fsp3) is 0.385. The summed E-state index contributed by atoms with van der Waals surface area (Å²) in [6.07, 6.45) is 1.55. The topological polar surface area (TPSA) is 96.3 Å². The van der Waals surface area contributed by atoms with Crippen molar-refractivity contribution >= 4 is 17.4 Å². The third-order valence-electron chi connectivity index (χ3n) is 5.86. The Hall–Kier alpha value is -3.32. The van der Waals surface area contributed by atoms with Crippen LogP contribution >= 0.6 is 0 Å². The van der Waals surface area contributed by atoms with Crippen LogP contribution < -0.4 is 4.74 Å². The van der Waals surface area contributed by atoms with Crippen molar-refractivity contribution in [2.75, 3.05) is 19.8 Å². The predicted molar refractivity (Wildman–Crippen MR) is 123 cm³/mol. The summed E-state index contributed by atoms with van der Waals surface area (Å²) in [6.45, 7) is 5.48. The molecule has 2 aromatic rings. The van der Waals surface area contributed by atoms with Gasteiger partial charge in [-0.25, -0.2) is 0 Å². The molecule has 2 heterocycles. The highest BCUT2D eigenvalue weighted by Crippen LogP contribution is 2.40. The number of ether oxygens (including phenoxy) is 2. The highest BCUT2D eigenvalue weighted by atomic mass is 16.5. The van der Waals surface area contributed by atoms with Crippen LogP contribution in [0.1, 0.15) is 43.9 Å². The van der Waals surface area contributed by atoms with Crippen LogP contribution in [-0.2, 0) is 14.3 Å². The molecule has 0 radical (unpaired) electrons. The van der Waals surface area contributed by atoms with Crippen LogP contribution in [0.3, 0.4) is 0 Å². The van der Waals surface area contributed by atoms with Gasteiger partial charge in [-0.1, -0.05) is 38.1 Å². The maximum Gasteiger partial charge on any atom is 0.295 e. The number of aliphatic hydroxyl groups is 1. The van der Waals surface area contributed by atoms with Gasteiger partial charge in [0.15, 0.2) is 0 Å². The second kappa shape index (κ2) is 9.67. The Balaban J connectivity index is 1.76. The van der Waals surface area contributed by atoms with Crippen LogP contribution in [0.5, 0.6) is 11.5 Å². The lowest BCUT2D eigenvalue weighted by molar-refractivity contribution is -0.140. The zero-order valence-corrected chi connectivity index (χ0v) is 18.9. The first-order valence-corrected chi connectivity index (χ1v) is 11.3. The van der Waals surface area contributed by atoms with Crippen LogP contribution in [0.25, 0.3) is 5.76 Å². The number of amides is 1. The average Bonchev–Trinajstić information content (AvgIpc) is 3.40. The van der Waals surface area contributed by atoms with Gasteiger partial charge >= 0.3 is 0 Å². The van der Waals surface area contributed by atoms with E-state index >= 15 is 0 Å². The number of hydrogen-bond acceptors (Lipinski definition) is 6. The number of phenols is 1. The van der Waals surface area contributed by atoms with Gasteiger partial charge in [0.05, 0.1) is 24.3 Å². The van der Waals surface area contributed by atoms with E-state index in [1.807, 2.05) is 13.8 Å². The van der Waals surface area contributed by atoms with Crippen molar-refractivity contribution in [3.8, 4) is 11.5 Å². The van der Waals surface area contributed by atoms with Gasteiger partial charge in [0.1, 0.15) is 17.3 Å². The highest BCUT2D eigenvalue weighted by molar-refractivity contribution is 6.46. The third kappa shape index (κ3) is 4.88. The van der Waals surface area contributed by atoms with Gasteiger partial charge in [-0.3, -0.25) is 9.59 Å². The summed E-state index contributed by atoms with van der Waals surface area (Å²) in [5.74, 6) is -0.682. The smallest absolute Gasteiger partial charge is 0.295 e. The molecule has 7 heteroatoms. The molecule has 2 aliphatic rings. The van der Waals surface area contributed by atoms with Crippen LogP contribution in [0.4, 0.5) is 0 Å². The van der Waals surface area contributed by atoms with Crippen LogP contribution in [0.15, 0.2) is 54.1 Å². The maximum atomic E-state index is 13.1. The lowest BCUT2D eigenvalue weighted by atomic mass is 9.95. The Bertz CT molecular complexity index is 1050. The molecule has 0 spiro atoms. The monoisotopic (exact) mass is 451 g/mol. The van der Waals surface area contributed by atoms with E-state index in [9.17, 15) is 19.8 Å². The van der Waals surface area contributed by atoms with Gasteiger partial charge < -0.3 is 24.6 Å². The van der Waals surface area contributed by atoms with Gasteiger partial charge in [-0.05, 0) is 48.6 Å². The molecule has 174 valence electrons. The number of aromatic hydroxyl groups is 1. The number of ketones is 1. The lowest BCUT2D eigenvalue weighted by Gasteiger charge is -2.27. The van der Waals surface area contributed by atoms with E-state index in [0.717, 1.165) is 12.8 Å². The van der Waals surface area contributed by atoms with Gasteiger partial charge in [-0.2, -0.15) is 0 Å². The van der Waals surface area contributed by atoms with Gasteiger partial charge in [0.2, 0.25) is 0 Å². The minimum Gasteiger partial charge on any atom is -0.508 e. The number of carbonyl (C=O) groups excluding carboxylic acids is 2. The number of rotatable bonds is 7. The molecule has 2 aliphatic heterocycles. The van der Waals surface area contributed by atoms with Crippen molar-refractivity contribution in [3.05, 3.63) is 65.2 Å². The summed E-state index contributed by atoms with van der Waals surface area (Å²) < 4.78 is 11.5. The largest absolute Gasteiger partial charge is 0.508 e. The van der Waals surface area contributed by atoms with Crippen LogP contribution in [-0.4, -0.2) is 52.7 Å². The second-order valence-corrected chi connectivity index (χ2v) is 8.91. The number of hydrogen-bond donors (Lipinski definition) is 2. The number of aliphatic hydroxyl groups excluding tert-OH is 1. The molecular weight excluding hydrogens is 422 g/mol. The van der Waals surface area contributed by atoms with E-state index in [1.165, 1.54) is 17.0 Å². The highest BCUT2D eigenvalue weighted by Gasteiger charge is 2.47. The summed E-state index contributed by atoms with van der Waals surface area (Å²) in [5, 5.41) is 20.9. The molecule has 2 saturated heterocycles. The molecule has 33 heavy (non-hydrogen) atoms. The van der Waals surface area contributed by atoms with E-state index in [1.54, 1.807) is 36.4 Å². The molecule has 0 aliphatic carbocycles. The average molecular weight is 452 g/mol. The second-order valence-electron chi connectivity index (χ2n) is 8.91. The summed E-state index contributed by atoms with van der Waals surface area (Å²) in [6, 6.07) is 12.4. The molecular formula is C26H29NO6. The first-order valence-electron chi connectivity index (χ1n) is 11.3. The fourth-order valence-electron chi connectivity index (χ4n) is 4.23. The van der Waals surface area contributed by atoms with Crippen molar-refractivity contribution in [1.29, 1.82) is 0 Å². The van der Waals surface area contributed by atoms with Crippen molar-refractivity contribution < 1.29 is 29.3 Å². The number of phenolic OH excluding ortho intramolecular Hbond substituents is 1. The molecule has 2 atom stereocenters. The van der Waals surface area contributed by atoms with Crippen LogP contribution in [0, 0.1) is 5.92 Å². The van der Waals surface area contributed by atoms with E-state index in [-0.39, 0.29) is 29.7 Å². The molecule has 0 aromatic heterocycles. The Morgan fingerprint density at radius 3 is 2.61 bits per heavy atom. The number of Topliss-reactive ketones (excluding diaryl/α,β-unsaturated/α-hetero) is 1. The molecule has 7 nitrogen and oxygen atoms in total. The van der Waals surface area contributed by atoms with Crippen molar-refractivity contribution in [2.24, 2.45) is 5.92 Å². The Morgan fingerprint density at radius 2 is 1.94 bits per heavy atom. The van der Waals surface area contributed by atoms with Gasteiger partial charge in [0.25, 0.3) is 11.7 Å². The Morgan fingerprint density at radius 1 is 1.18 bits per heavy atom. The SMILES string of the molecule is CC(C)COc1cccc(/C(O)=C2/C(=O)C(=O)N(CC3CCCO3)C2c2ccc(O)cc2)c1. The minimum atomic E-state index is -0.782. The molecule has 4 rings (SSSR count). The zero-order valence-electron chi connectivity index (χ0n) is 18.9. The van der Waals surface area contributed by atoms with Crippen molar-refractivity contribution in [1.82, 2.24) is 4.90 Å². The predicted octanol–water partition coefficient (Wildman–Crippen LogP) is 4.03. The number of nitrogens with zero attached hydrogens (tertiary/aromatic N) is 1. The van der Waals surface area contributed by atoms with Crippen molar-refractivity contribution in [3.63, 3.8) is 0 Å². The Kier molecular flexibility index (Phi) is 6.70. The van der Waals surface area contributed by atoms with Crippen molar-refractivity contribution in [2.45, 2.75) is 38.8 Å². The Labute approximate surface area is 193 Å². The summed E-state index contributed by atoms with van der Waals surface area (Å²) in [5.41, 5.74) is 1.04. The summed E-state index contributed by atoms with van der Waals surface area (Å²) >= 11 is 0. The van der Waals surface area contributed by atoms with E-state index in [4.69, 9.17) is 9.47 Å². The molecule has 0 bridgehead atoms. The molecule has 1 amide bonds. The summed E-state index contributed by atoms with van der Waals surface area (Å²) in [7, 11) is 0. The zero-order chi connectivity index (χ0) is 23.5. The first-order chi connectivity index (χ1) is 15.8. The molecule has 2 N–H and O–H groups in total. The number of benzene rings is 2. The standard InChI is InChI=1S/C26H29NO6/c1-16(2)15-33-20-6-3-5-18(13-20)24(29)22-23(17-8-10-19(28)11-9-17)27(26(31)25(22)30)14-21-7-4-12-32-21/h3,5-6,8-11,13,16,21,23,28-29H,4,7,12,14-15H2,1-2H3/b24-22-. The quantitative estimate of drug-likeness (QED) is 0.375. The first kappa shape index (κ1) is 22.9. The molecule has 2 aromatic carbocycles. The third-order valence-corrected chi connectivity index (χ3v) is 5.86. The van der Waals surface area contributed by atoms with E-state index < -0.39 is 17.7 Å². The number of likely N-dealkylation sites (tertiary alicyclic amines) is 1. The lowest BCUT2D eigenvalue weighted by Crippen LogP contribution is -2.36. The van der Waals surface area contributed by atoms with Crippen LogP contribution in [0.2, 0.25) is 0 Å². The van der Waals surface area contributed by atoms with Gasteiger partial charge in [0, 0.05) is 18.7 Å². The molecule has 2 unspecified atom stereocenters. The van der Waals surface area contributed by atoms with Gasteiger partial charge in [-0.15, -0.1) is 0 Å². The normalized spacial score (nSPS) is 22.3. The fourth-order valence-corrected chi connectivity index (χ4v) is 4.23. The molecule has 2 fully saturated rings. The maximum absolute atomic E-state index is 13.1. The number of carbonyl (C=O) groups is 2.